The summed E-state index contributed by atoms with van der Waals surface area (Å²) in [6.45, 7) is 9.42. The standard InChI is InChI=1S/C29H36ClFN5O2P/c1-18-17-38-19(2)16-36(18)24-10-6-20-5-9-23(13-21(20)7-11-24)33-29-32-15-25(30)28(35-29)34-26-12-8-22(31)14-27(26)39(3,4)37/h5,8-9,12-15,18-19,24H,6-7,10-11,16-17H2,1-4H3,(H2,32,33,34,35)/t18-,19-,24-/m1/s1. The number of morpholine rings is 1. The van der Waals surface area contributed by atoms with Gasteiger partial charge >= 0.3 is 0 Å². The van der Waals surface area contributed by atoms with Crippen LogP contribution in [0, 0.1) is 5.82 Å². The zero-order chi connectivity index (χ0) is 27.7. The molecule has 1 saturated heterocycles. The monoisotopic (exact) mass is 571 g/mol. The van der Waals surface area contributed by atoms with E-state index in [0.29, 0.717) is 39.9 Å². The highest BCUT2D eigenvalue weighted by Crippen LogP contribution is 2.39. The Morgan fingerprint density at radius 3 is 2.62 bits per heavy atom. The SMILES string of the molecule is C[C@@H]1CN([C@@H]2CCc3ccc(Nc4ncc(Cl)c(Nc5ccc(F)cc5P(C)(C)=O)n4)cc3CC2)[C@H](C)CO1. The summed E-state index contributed by atoms with van der Waals surface area (Å²) < 4.78 is 32.5. The van der Waals surface area contributed by atoms with Crippen LogP contribution >= 0.6 is 18.7 Å². The van der Waals surface area contributed by atoms with Crippen molar-refractivity contribution in [2.24, 2.45) is 0 Å². The van der Waals surface area contributed by atoms with E-state index in [1.807, 2.05) is 0 Å². The van der Waals surface area contributed by atoms with E-state index in [4.69, 9.17) is 16.3 Å². The average Bonchev–Trinajstić information content (AvgIpc) is 3.10. The average molecular weight is 572 g/mol. The molecule has 0 bridgehead atoms. The van der Waals surface area contributed by atoms with E-state index in [-0.39, 0.29) is 6.10 Å². The summed E-state index contributed by atoms with van der Waals surface area (Å²) in [6, 6.07) is 11.6. The minimum Gasteiger partial charge on any atom is -0.376 e. The largest absolute Gasteiger partial charge is 0.376 e. The lowest BCUT2D eigenvalue weighted by atomic mass is 10.0. The van der Waals surface area contributed by atoms with Gasteiger partial charge < -0.3 is 19.9 Å². The number of halogens is 2. The molecule has 1 aromatic heterocycles. The van der Waals surface area contributed by atoms with Crippen LogP contribution < -0.4 is 15.9 Å². The van der Waals surface area contributed by atoms with E-state index in [2.05, 4.69) is 57.5 Å². The van der Waals surface area contributed by atoms with Crippen LogP contribution in [0.1, 0.15) is 37.8 Å². The first-order chi connectivity index (χ1) is 18.6. The van der Waals surface area contributed by atoms with E-state index in [1.54, 1.807) is 19.4 Å². The van der Waals surface area contributed by atoms with Crippen LogP contribution in [-0.4, -0.2) is 59.5 Å². The molecule has 39 heavy (non-hydrogen) atoms. The maximum Gasteiger partial charge on any atom is 0.229 e. The number of hydrogen-bond donors (Lipinski definition) is 2. The van der Waals surface area contributed by atoms with Crippen molar-refractivity contribution in [3.63, 3.8) is 0 Å². The highest BCUT2D eigenvalue weighted by Gasteiger charge is 2.30. The lowest BCUT2D eigenvalue weighted by Gasteiger charge is -2.41. The molecule has 208 valence electrons. The number of ether oxygens (including phenoxy) is 1. The highest BCUT2D eigenvalue weighted by molar-refractivity contribution is 7.70. The molecule has 1 aliphatic carbocycles. The first kappa shape index (κ1) is 28.0. The Kier molecular flexibility index (Phi) is 8.29. The molecule has 3 atom stereocenters. The molecular weight excluding hydrogens is 536 g/mol. The minimum absolute atomic E-state index is 0.282. The van der Waals surface area contributed by atoms with Crippen LogP contribution in [0.5, 0.6) is 0 Å². The first-order valence-corrected chi connectivity index (χ1v) is 16.5. The molecule has 0 saturated carbocycles. The van der Waals surface area contributed by atoms with E-state index in [1.165, 1.54) is 29.5 Å². The molecule has 0 amide bonds. The number of nitrogens with zero attached hydrogens (tertiary/aromatic N) is 3. The van der Waals surface area contributed by atoms with Gasteiger partial charge in [0.2, 0.25) is 5.95 Å². The normalized spacial score (nSPS) is 22.2. The molecular formula is C29H36ClFN5O2P. The molecule has 1 aliphatic heterocycles. The third-order valence-corrected chi connectivity index (χ3v) is 9.43. The maximum absolute atomic E-state index is 13.9. The van der Waals surface area contributed by atoms with Crippen molar-refractivity contribution < 1.29 is 13.7 Å². The van der Waals surface area contributed by atoms with Crippen molar-refractivity contribution in [1.82, 2.24) is 14.9 Å². The van der Waals surface area contributed by atoms with Crippen molar-refractivity contribution in [2.45, 2.75) is 57.7 Å². The molecule has 2 aromatic carbocycles. The lowest BCUT2D eigenvalue weighted by molar-refractivity contribution is -0.0679. The van der Waals surface area contributed by atoms with Gasteiger partial charge in [-0.3, -0.25) is 4.90 Å². The molecule has 0 spiro atoms. The summed E-state index contributed by atoms with van der Waals surface area (Å²) in [5.74, 6) is 0.283. The third-order valence-electron chi connectivity index (χ3n) is 7.62. The van der Waals surface area contributed by atoms with Gasteiger partial charge in [-0.15, -0.1) is 0 Å². The molecule has 2 aliphatic rings. The Balaban J connectivity index is 1.31. The summed E-state index contributed by atoms with van der Waals surface area (Å²) in [4.78, 5) is 11.6. The number of nitrogens with one attached hydrogen (secondary N) is 2. The molecule has 10 heteroatoms. The van der Waals surface area contributed by atoms with E-state index >= 15 is 0 Å². The number of anilines is 4. The molecule has 5 rings (SSSR count). The molecule has 7 nitrogen and oxygen atoms in total. The minimum atomic E-state index is -2.75. The molecule has 0 unspecified atom stereocenters. The van der Waals surface area contributed by atoms with E-state index < -0.39 is 13.0 Å². The fraction of sp³-hybridized carbons (Fsp3) is 0.448. The van der Waals surface area contributed by atoms with Gasteiger partial charge in [-0.25, -0.2) is 9.37 Å². The summed E-state index contributed by atoms with van der Waals surface area (Å²) >= 11 is 6.39. The second kappa shape index (κ2) is 11.5. The highest BCUT2D eigenvalue weighted by atomic mass is 35.5. The van der Waals surface area contributed by atoms with Crippen LogP contribution in [-0.2, 0) is 22.1 Å². The van der Waals surface area contributed by atoms with Gasteiger partial charge in [0.15, 0.2) is 5.82 Å². The smallest absolute Gasteiger partial charge is 0.229 e. The quantitative estimate of drug-likeness (QED) is 0.263. The number of rotatable bonds is 6. The van der Waals surface area contributed by atoms with Gasteiger partial charge in [-0.2, -0.15) is 4.98 Å². The summed E-state index contributed by atoms with van der Waals surface area (Å²) in [7, 11) is -2.75. The van der Waals surface area contributed by atoms with Crippen LogP contribution in [0.2, 0.25) is 5.02 Å². The molecule has 0 radical (unpaired) electrons. The molecule has 1 fully saturated rings. The van der Waals surface area contributed by atoms with Crippen LogP contribution in [0.15, 0.2) is 42.6 Å². The van der Waals surface area contributed by atoms with Crippen molar-refractivity contribution in [2.75, 3.05) is 37.1 Å². The summed E-state index contributed by atoms with van der Waals surface area (Å²) in [5, 5.41) is 7.14. The zero-order valence-corrected chi connectivity index (χ0v) is 24.5. The number of hydrogen-bond acceptors (Lipinski definition) is 7. The Hall–Kier alpha value is -2.51. The Morgan fingerprint density at radius 1 is 1.08 bits per heavy atom. The molecule has 2 N–H and O–H groups in total. The van der Waals surface area contributed by atoms with Crippen LogP contribution in [0.25, 0.3) is 0 Å². The second-order valence-corrected chi connectivity index (χ2v) is 14.6. The molecule has 3 aromatic rings. The topological polar surface area (TPSA) is 79.4 Å². The lowest BCUT2D eigenvalue weighted by Crippen LogP contribution is -2.52. The summed E-state index contributed by atoms with van der Waals surface area (Å²) in [5.41, 5.74) is 4.15. The van der Waals surface area contributed by atoms with Gasteiger partial charge in [0.25, 0.3) is 0 Å². The molecule has 2 heterocycles. The maximum atomic E-state index is 13.9. The van der Waals surface area contributed by atoms with Gasteiger partial charge in [0, 0.05) is 29.6 Å². The number of fused-ring (bicyclic) bond motifs is 1. The first-order valence-electron chi connectivity index (χ1n) is 13.5. The van der Waals surface area contributed by atoms with Gasteiger partial charge in [-0.05, 0) is 94.3 Å². The van der Waals surface area contributed by atoms with Crippen molar-refractivity contribution >= 4 is 47.2 Å². The number of aryl methyl sites for hydroxylation is 2. The fourth-order valence-corrected chi connectivity index (χ4v) is 6.85. The van der Waals surface area contributed by atoms with E-state index in [0.717, 1.165) is 44.5 Å². The van der Waals surface area contributed by atoms with Crippen molar-refractivity contribution in [3.8, 4) is 0 Å². The fourth-order valence-electron chi connectivity index (χ4n) is 5.57. The Labute approximate surface area is 234 Å². The van der Waals surface area contributed by atoms with Gasteiger partial charge in [0.1, 0.15) is 18.0 Å². The van der Waals surface area contributed by atoms with Crippen LogP contribution in [0.3, 0.4) is 0 Å². The predicted octanol–water partition coefficient (Wildman–Crippen LogP) is 6.36. The predicted molar refractivity (Wildman–Crippen MR) is 158 cm³/mol. The van der Waals surface area contributed by atoms with Crippen molar-refractivity contribution in [3.05, 3.63) is 64.6 Å². The number of benzene rings is 2. The number of aromatic nitrogens is 2. The van der Waals surface area contributed by atoms with E-state index in [9.17, 15) is 8.96 Å². The van der Waals surface area contributed by atoms with Crippen LogP contribution in [0.4, 0.5) is 27.5 Å². The van der Waals surface area contributed by atoms with Gasteiger partial charge in [-0.1, -0.05) is 17.7 Å². The summed E-state index contributed by atoms with van der Waals surface area (Å²) in [6.07, 6.45) is 6.15. The Bertz CT molecular complexity index is 1400. The Morgan fingerprint density at radius 2 is 1.85 bits per heavy atom. The van der Waals surface area contributed by atoms with Gasteiger partial charge in [0.05, 0.1) is 24.6 Å². The second-order valence-electron chi connectivity index (χ2n) is 11.1. The zero-order valence-electron chi connectivity index (χ0n) is 22.9. The third kappa shape index (κ3) is 6.63. The van der Waals surface area contributed by atoms with Crippen molar-refractivity contribution in [1.29, 1.82) is 0 Å².